The molecule has 0 aliphatic heterocycles. The maximum absolute atomic E-state index is 13.9. The Bertz CT molecular complexity index is 509. The third kappa shape index (κ3) is 2.03. The molecule has 1 aromatic carbocycles. The van der Waals surface area contributed by atoms with Crippen LogP contribution in [0, 0.1) is 11.6 Å². The van der Waals surface area contributed by atoms with Crippen LogP contribution in [0.4, 0.5) is 8.78 Å². The number of unbranched alkanes of at least 4 members (excludes halogenated alkanes) is 1. The van der Waals surface area contributed by atoms with Gasteiger partial charge in [0, 0.05) is 17.0 Å². The molecule has 0 N–H and O–H groups in total. The number of benzene rings is 1. The van der Waals surface area contributed by atoms with E-state index in [0.717, 1.165) is 12.8 Å². The van der Waals surface area contributed by atoms with Crippen LogP contribution in [0.2, 0.25) is 0 Å². The van der Waals surface area contributed by atoms with E-state index in [4.69, 9.17) is 0 Å². The third-order valence-corrected chi connectivity index (χ3v) is 2.63. The highest BCUT2D eigenvalue weighted by atomic mass is 19.1. The van der Waals surface area contributed by atoms with Gasteiger partial charge in [-0.25, -0.2) is 8.78 Å². The zero-order chi connectivity index (χ0) is 11.5. The SMILES string of the molecule is CCCCc1ncc2ccc(F)cc2c1F. The molecule has 0 bridgehead atoms. The van der Waals surface area contributed by atoms with Crippen LogP contribution >= 0.6 is 0 Å². The van der Waals surface area contributed by atoms with Gasteiger partial charge in [0.2, 0.25) is 0 Å². The Hall–Kier alpha value is -1.51. The minimum absolute atomic E-state index is 0.320. The van der Waals surface area contributed by atoms with E-state index in [2.05, 4.69) is 4.98 Å². The molecule has 0 saturated heterocycles. The van der Waals surface area contributed by atoms with Crippen molar-refractivity contribution in [2.24, 2.45) is 0 Å². The molecule has 16 heavy (non-hydrogen) atoms. The first-order valence-corrected chi connectivity index (χ1v) is 5.45. The average Bonchev–Trinajstić information content (AvgIpc) is 2.29. The minimum Gasteiger partial charge on any atom is -0.258 e. The quantitative estimate of drug-likeness (QED) is 0.767. The molecule has 0 unspecified atom stereocenters. The van der Waals surface area contributed by atoms with E-state index in [1.54, 1.807) is 12.3 Å². The first-order valence-electron chi connectivity index (χ1n) is 5.45. The van der Waals surface area contributed by atoms with Gasteiger partial charge in [-0.05, 0) is 31.0 Å². The summed E-state index contributed by atoms with van der Waals surface area (Å²) in [6, 6.07) is 4.08. The van der Waals surface area contributed by atoms with Crippen LogP contribution in [0.15, 0.2) is 24.4 Å². The van der Waals surface area contributed by atoms with E-state index in [0.29, 0.717) is 22.9 Å². The van der Waals surface area contributed by atoms with Gasteiger partial charge in [0.05, 0.1) is 5.69 Å². The number of rotatable bonds is 3. The number of hydrogen-bond donors (Lipinski definition) is 0. The Kier molecular flexibility index (Phi) is 3.13. The van der Waals surface area contributed by atoms with Crippen molar-refractivity contribution in [3.63, 3.8) is 0 Å². The zero-order valence-electron chi connectivity index (χ0n) is 9.13. The molecule has 0 fully saturated rings. The highest BCUT2D eigenvalue weighted by Crippen LogP contribution is 2.21. The molecule has 0 aliphatic rings. The van der Waals surface area contributed by atoms with Crippen molar-refractivity contribution < 1.29 is 8.78 Å². The predicted molar refractivity (Wildman–Crippen MR) is 60.3 cm³/mol. The summed E-state index contributed by atoms with van der Waals surface area (Å²) in [4.78, 5) is 4.08. The normalized spacial score (nSPS) is 10.9. The van der Waals surface area contributed by atoms with E-state index in [1.165, 1.54) is 12.1 Å². The van der Waals surface area contributed by atoms with E-state index >= 15 is 0 Å². The van der Waals surface area contributed by atoms with Crippen LogP contribution in [-0.4, -0.2) is 4.98 Å². The number of hydrogen-bond acceptors (Lipinski definition) is 1. The molecule has 1 aromatic heterocycles. The van der Waals surface area contributed by atoms with Gasteiger partial charge in [-0.15, -0.1) is 0 Å². The summed E-state index contributed by atoms with van der Waals surface area (Å²) in [7, 11) is 0. The summed E-state index contributed by atoms with van der Waals surface area (Å²) >= 11 is 0. The van der Waals surface area contributed by atoms with Gasteiger partial charge in [-0.1, -0.05) is 13.3 Å². The Labute approximate surface area is 93.1 Å². The first kappa shape index (κ1) is 11.0. The molecule has 0 atom stereocenters. The zero-order valence-corrected chi connectivity index (χ0v) is 9.13. The standard InChI is InChI=1S/C13H13F2N/c1-2-3-4-12-13(15)11-7-10(14)6-5-9(11)8-16-12/h5-8H,2-4H2,1H3. The molecule has 0 amide bonds. The topological polar surface area (TPSA) is 12.9 Å². The van der Waals surface area contributed by atoms with Crippen molar-refractivity contribution in [1.82, 2.24) is 4.98 Å². The van der Waals surface area contributed by atoms with Gasteiger partial charge in [-0.3, -0.25) is 4.98 Å². The smallest absolute Gasteiger partial charge is 0.152 e. The maximum Gasteiger partial charge on any atom is 0.152 e. The highest BCUT2D eigenvalue weighted by molar-refractivity contribution is 5.82. The van der Waals surface area contributed by atoms with Crippen LogP contribution in [0.1, 0.15) is 25.5 Å². The number of pyridine rings is 1. The van der Waals surface area contributed by atoms with Crippen molar-refractivity contribution in [2.45, 2.75) is 26.2 Å². The molecule has 0 spiro atoms. The summed E-state index contributed by atoms with van der Waals surface area (Å²) in [5.41, 5.74) is 0.431. The van der Waals surface area contributed by atoms with Gasteiger partial charge in [0.15, 0.2) is 5.82 Å². The van der Waals surface area contributed by atoms with E-state index < -0.39 is 5.82 Å². The second-order valence-corrected chi connectivity index (χ2v) is 3.85. The van der Waals surface area contributed by atoms with E-state index in [9.17, 15) is 8.78 Å². The second-order valence-electron chi connectivity index (χ2n) is 3.85. The molecule has 0 saturated carbocycles. The van der Waals surface area contributed by atoms with Gasteiger partial charge in [0.25, 0.3) is 0 Å². The van der Waals surface area contributed by atoms with Gasteiger partial charge in [0.1, 0.15) is 5.82 Å². The van der Waals surface area contributed by atoms with E-state index in [-0.39, 0.29) is 5.82 Å². The largest absolute Gasteiger partial charge is 0.258 e. The van der Waals surface area contributed by atoms with Crippen LogP contribution in [-0.2, 0) is 6.42 Å². The molecule has 0 aliphatic carbocycles. The summed E-state index contributed by atoms with van der Waals surface area (Å²) < 4.78 is 27.0. The lowest BCUT2D eigenvalue weighted by atomic mass is 10.1. The molecule has 2 rings (SSSR count). The van der Waals surface area contributed by atoms with Crippen LogP contribution in [0.3, 0.4) is 0 Å². The Morgan fingerprint density at radius 2 is 2.06 bits per heavy atom. The number of aryl methyl sites for hydroxylation is 1. The predicted octanol–water partition coefficient (Wildman–Crippen LogP) is 3.86. The summed E-state index contributed by atoms with van der Waals surface area (Å²) in [5, 5.41) is 0.959. The number of halogens is 2. The average molecular weight is 221 g/mol. The van der Waals surface area contributed by atoms with Crippen molar-refractivity contribution in [2.75, 3.05) is 0 Å². The summed E-state index contributed by atoms with van der Waals surface area (Å²) in [6.45, 7) is 2.04. The van der Waals surface area contributed by atoms with Gasteiger partial charge < -0.3 is 0 Å². The number of aromatic nitrogens is 1. The lowest BCUT2D eigenvalue weighted by Crippen LogP contribution is -1.96. The third-order valence-electron chi connectivity index (χ3n) is 2.63. The fourth-order valence-corrected chi connectivity index (χ4v) is 1.71. The van der Waals surface area contributed by atoms with Crippen LogP contribution in [0.25, 0.3) is 10.8 Å². The molecule has 84 valence electrons. The van der Waals surface area contributed by atoms with E-state index in [1.807, 2.05) is 6.92 Å². The Balaban J connectivity index is 2.50. The van der Waals surface area contributed by atoms with Crippen molar-refractivity contribution in [3.8, 4) is 0 Å². The van der Waals surface area contributed by atoms with Crippen LogP contribution in [0.5, 0.6) is 0 Å². The van der Waals surface area contributed by atoms with Crippen LogP contribution < -0.4 is 0 Å². The molecule has 1 nitrogen and oxygen atoms in total. The highest BCUT2D eigenvalue weighted by Gasteiger charge is 2.09. The lowest BCUT2D eigenvalue weighted by Gasteiger charge is -2.05. The van der Waals surface area contributed by atoms with Gasteiger partial charge in [-0.2, -0.15) is 0 Å². The van der Waals surface area contributed by atoms with Crippen molar-refractivity contribution in [1.29, 1.82) is 0 Å². The lowest BCUT2D eigenvalue weighted by molar-refractivity contribution is 0.598. The Morgan fingerprint density at radius 1 is 1.25 bits per heavy atom. The number of nitrogens with zero attached hydrogens (tertiary/aromatic N) is 1. The molecule has 3 heteroatoms. The molecular weight excluding hydrogens is 208 g/mol. The second kappa shape index (κ2) is 4.56. The first-order chi connectivity index (χ1) is 7.72. The Morgan fingerprint density at radius 3 is 2.81 bits per heavy atom. The molecular formula is C13H13F2N. The van der Waals surface area contributed by atoms with Crippen molar-refractivity contribution in [3.05, 3.63) is 41.7 Å². The molecule has 0 radical (unpaired) electrons. The fraction of sp³-hybridized carbons (Fsp3) is 0.308. The number of fused-ring (bicyclic) bond motifs is 1. The summed E-state index contributed by atoms with van der Waals surface area (Å²) in [5.74, 6) is -0.801. The monoisotopic (exact) mass is 221 g/mol. The summed E-state index contributed by atoms with van der Waals surface area (Å²) in [6.07, 6.45) is 4.09. The molecule has 2 aromatic rings. The maximum atomic E-state index is 13.9. The van der Waals surface area contributed by atoms with Crippen molar-refractivity contribution >= 4 is 10.8 Å². The fourth-order valence-electron chi connectivity index (χ4n) is 1.71. The molecule has 1 heterocycles. The van der Waals surface area contributed by atoms with Gasteiger partial charge >= 0.3 is 0 Å². The minimum atomic E-state index is -0.418.